The van der Waals surface area contributed by atoms with Crippen molar-refractivity contribution in [2.24, 2.45) is 5.92 Å². The van der Waals surface area contributed by atoms with Gasteiger partial charge in [0.15, 0.2) is 0 Å². The second-order valence-electron chi connectivity index (χ2n) is 2.94. The van der Waals surface area contributed by atoms with E-state index in [1.54, 1.807) is 0 Å². The SMILES string of the molecule is C1=CC(CC2CO2)CCO1. The van der Waals surface area contributed by atoms with Crippen molar-refractivity contribution in [1.82, 2.24) is 0 Å². The highest BCUT2D eigenvalue weighted by Crippen LogP contribution is 2.24. The Balaban J connectivity index is 1.78. The van der Waals surface area contributed by atoms with Crippen LogP contribution in [0.4, 0.5) is 0 Å². The molecular formula is C8H12O2. The summed E-state index contributed by atoms with van der Waals surface area (Å²) >= 11 is 0. The minimum atomic E-state index is 0.563. The molecule has 2 rings (SSSR count). The topological polar surface area (TPSA) is 21.8 Å². The van der Waals surface area contributed by atoms with Gasteiger partial charge in [-0.25, -0.2) is 0 Å². The summed E-state index contributed by atoms with van der Waals surface area (Å²) in [5, 5.41) is 0. The van der Waals surface area contributed by atoms with E-state index in [9.17, 15) is 0 Å². The molecule has 0 N–H and O–H groups in total. The number of rotatable bonds is 2. The van der Waals surface area contributed by atoms with Crippen molar-refractivity contribution in [3.05, 3.63) is 12.3 Å². The highest BCUT2D eigenvalue weighted by molar-refractivity contribution is 4.90. The van der Waals surface area contributed by atoms with Crippen molar-refractivity contribution in [3.8, 4) is 0 Å². The second kappa shape index (κ2) is 2.62. The van der Waals surface area contributed by atoms with E-state index in [0.29, 0.717) is 12.0 Å². The Morgan fingerprint density at radius 1 is 1.50 bits per heavy atom. The normalized spacial score (nSPS) is 37.2. The molecule has 2 heterocycles. The van der Waals surface area contributed by atoms with E-state index < -0.39 is 0 Å². The molecule has 0 radical (unpaired) electrons. The number of hydrogen-bond acceptors (Lipinski definition) is 2. The zero-order chi connectivity index (χ0) is 6.81. The third-order valence-electron chi connectivity index (χ3n) is 2.02. The van der Waals surface area contributed by atoms with Crippen LogP contribution in [0.3, 0.4) is 0 Å². The van der Waals surface area contributed by atoms with Gasteiger partial charge < -0.3 is 9.47 Å². The van der Waals surface area contributed by atoms with Crippen molar-refractivity contribution in [2.45, 2.75) is 18.9 Å². The van der Waals surface area contributed by atoms with E-state index >= 15 is 0 Å². The molecule has 1 fully saturated rings. The van der Waals surface area contributed by atoms with Crippen LogP contribution in [0.1, 0.15) is 12.8 Å². The van der Waals surface area contributed by atoms with Crippen molar-refractivity contribution in [2.75, 3.05) is 13.2 Å². The maximum absolute atomic E-state index is 5.14. The maximum Gasteiger partial charge on any atom is 0.0878 e. The Morgan fingerprint density at radius 2 is 2.40 bits per heavy atom. The molecule has 2 aliphatic rings. The van der Waals surface area contributed by atoms with Gasteiger partial charge >= 0.3 is 0 Å². The first-order valence-electron chi connectivity index (χ1n) is 3.85. The van der Waals surface area contributed by atoms with Gasteiger partial charge in [-0.2, -0.15) is 0 Å². The molecule has 2 heteroatoms. The molecule has 2 atom stereocenters. The predicted molar refractivity (Wildman–Crippen MR) is 37.6 cm³/mol. The van der Waals surface area contributed by atoms with Crippen LogP contribution in [0, 0.1) is 5.92 Å². The van der Waals surface area contributed by atoms with Crippen molar-refractivity contribution in [3.63, 3.8) is 0 Å². The van der Waals surface area contributed by atoms with Gasteiger partial charge in [0.2, 0.25) is 0 Å². The van der Waals surface area contributed by atoms with Crippen LogP contribution in [0.25, 0.3) is 0 Å². The van der Waals surface area contributed by atoms with Gasteiger partial charge in [-0.05, 0) is 24.8 Å². The molecule has 56 valence electrons. The quantitative estimate of drug-likeness (QED) is 0.540. The first kappa shape index (κ1) is 6.23. The van der Waals surface area contributed by atoms with Crippen LogP contribution in [0.15, 0.2) is 12.3 Å². The summed E-state index contributed by atoms with van der Waals surface area (Å²) in [4.78, 5) is 0. The molecule has 0 spiro atoms. The molecule has 0 aromatic heterocycles. The summed E-state index contributed by atoms with van der Waals surface area (Å²) in [7, 11) is 0. The number of hydrogen-bond donors (Lipinski definition) is 0. The van der Waals surface area contributed by atoms with Crippen LogP contribution in [-0.4, -0.2) is 19.3 Å². The predicted octanol–water partition coefficient (Wildman–Crippen LogP) is 1.33. The summed E-state index contributed by atoms with van der Waals surface area (Å²) in [5.74, 6) is 0.709. The van der Waals surface area contributed by atoms with Crippen LogP contribution in [0.2, 0.25) is 0 Å². The summed E-state index contributed by atoms with van der Waals surface area (Å²) < 4.78 is 10.2. The average molecular weight is 140 g/mol. The Morgan fingerprint density at radius 3 is 3.00 bits per heavy atom. The number of ether oxygens (including phenoxy) is 2. The van der Waals surface area contributed by atoms with E-state index in [0.717, 1.165) is 19.6 Å². The first-order chi connectivity index (χ1) is 4.95. The fourth-order valence-electron chi connectivity index (χ4n) is 1.29. The molecule has 2 unspecified atom stereocenters. The summed E-state index contributed by atoms with van der Waals surface area (Å²) in [5.41, 5.74) is 0. The van der Waals surface area contributed by atoms with Crippen LogP contribution < -0.4 is 0 Å². The van der Waals surface area contributed by atoms with E-state index in [2.05, 4.69) is 6.08 Å². The monoisotopic (exact) mass is 140 g/mol. The maximum atomic E-state index is 5.14. The third-order valence-corrected chi connectivity index (χ3v) is 2.02. The molecule has 0 aliphatic carbocycles. The minimum Gasteiger partial charge on any atom is -0.501 e. The van der Waals surface area contributed by atoms with E-state index in [4.69, 9.17) is 9.47 Å². The number of epoxide rings is 1. The summed E-state index contributed by atoms with van der Waals surface area (Å²) in [6, 6.07) is 0. The zero-order valence-electron chi connectivity index (χ0n) is 5.95. The summed E-state index contributed by atoms with van der Waals surface area (Å²) in [6.07, 6.45) is 6.88. The molecule has 0 aromatic rings. The van der Waals surface area contributed by atoms with Gasteiger partial charge in [0.05, 0.1) is 25.6 Å². The standard InChI is InChI=1S/C8H12O2/c1-3-9-4-2-7(1)5-8-6-10-8/h1,3,7-8H,2,4-6H2. The smallest absolute Gasteiger partial charge is 0.0878 e. The molecule has 0 aromatic carbocycles. The molecule has 0 bridgehead atoms. The van der Waals surface area contributed by atoms with Crippen LogP contribution >= 0.6 is 0 Å². The van der Waals surface area contributed by atoms with Gasteiger partial charge in [0, 0.05) is 0 Å². The van der Waals surface area contributed by atoms with Gasteiger partial charge in [0.1, 0.15) is 0 Å². The Hall–Kier alpha value is -0.500. The average Bonchev–Trinajstić information content (AvgIpc) is 2.74. The molecule has 2 nitrogen and oxygen atoms in total. The molecule has 0 amide bonds. The zero-order valence-corrected chi connectivity index (χ0v) is 5.95. The molecule has 10 heavy (non-hydrogen) atoms. The number of allylic oxidation sites excluding steroid dienone is 1. The fraction of sp³-hybridized carbons (Fsp3) is 0.750. The highest BCUT2D eigenvalue weighted by atomic mass is 16.6. The van der Waals surface area contributed by atoms with Crippen LogP contribution in [-0.2, 0) is 9.47 Å². The van der Waals surface area contributed by atoms with E-state index in [1.807, 2.05) is 6.26 Å². The van der Waals surface area contributed by atoms with Crippen LogP contribution in [0.5, 0.6) is 0 Å². The lowest BCUT2D eigenvalue weighted by Gasteiger charge is -2.14. The van der Waals surface area contributed by atoms with Crippen molar-refractivity contribution < 1.29 is 9.47 Å². The highest BCUT2D eigenvalue weighted by Gasteiger charge is 2.26. The lowest BCUT2D eigenvalue weighted by Crippen LogP contribution is -2.08. The molecule has 2 aliphatic heterocycles. The van der Waals surface area contributed by atoms with Crippen molar-refractivity contribution >= 4 is 0 Å². The lowest BCUT2D eigenvalue weighted by molar-refractivity contribution is 0.200. The molecular weight excluding hydrogens is 128 g/mol. The third kappa shape index (κ3) is 1.51. The Labute approximate surface area is 60.8 Å². The van der Waals surface area contributed by atoms with E-state index in [-0.39, 0.29) is 0 Å². The summed E-state index contributed by atoms with van der Waals surface area (Å²) in [6.45, 7) is 1.86. The lowest BCUT2D eigenvalue weighted by atomic mass is 9.99. The van der Waals surface area contributed by atoms with Gasteiger partial charge in [-0.1, -0.05) is 0 Å². The van der Waals surface area contributed by atoms with Gasteiger partial charge in [-0.3, -0.25) is 0 Å². The van der Waals surface area contributed by atoms with Gasteiger partial charge in [-0.15, -0.1) is 0 Å². The Bertz CT molecular complexity index is 138. The second-order valence-corrected chi connectivity index (χ2v) is 2.94. The van der Waals surface area contributed by atoms with Gasteiger partial charge in [0.25, 0.3) is 0 Å². The molecule has 0 saturated carbocycles. The molecule has 1 saturated heterocycles. The Kier molecular flexibility index (Phi) is 1.63. The van der Waals surface area contributed by atoms with E-state index in [1.165, 1.54) is 6.42 Å². The van der Waals surface area contributed by atoms with Crippen molar-refractivity contribution in [1.29, 1.82) is 0 Å². The minimum absolute atomic E-state index is 0.563. The fourth-order valence-corrected chi connectivity index (χ4v) is 1.29. The largest absolute Gasteiger partial charge is 0.501 e. The first-order valence-corrected chi connectivity index (χ1v) is 3.85.